The Balaban J connectivity index is 1.46. The average Bonchev–Trinajstić information content (AvgIpc) is 2.78. The SMILES string of the molecule is Cc1cccc(C)c1OCCNC(=O)C1CCN(S(=O)(=O)c2ccc(C#N)cc2)CC1. The number of sulfonamides is 1. The van der Waals surface area contributed by atoms with Crippen LogP contribution in [0.3, 0.4) is 0 Å². The van der Waals surface area contributed by atoms with E-state index in [0.717, 1.165) is 16.9 Å². The summed E-state index contributed by atoms with van der Waals surface area (Å²) in [5.74, 6) is 0.561. The monoisotopic (exact) mass is 441 g/mol. The smallest absolute Gasteiger partial charge is 0.243 e. The first-order valence-electron chi connectivity index (χ1n) is 10.3. The molecule has 0 radical (unpaired) electrons. The number of hydrogen-bond acceptors (Lipinski definition) is 5. The molecule has 2 aromatic rings. The number of nitrogens with zero attached hydrogens (tertiary/aromatic N) is 2. The van der Waals surface area contributed by atoms with Gasteiger partial charge >= 0.3 is 0 Å². The molecule has 1 N–H and O–H groups in total. The van der Waals surface area contributed by atoms with E-state index in [1.165, 1.54) is 28.6 Å². The van der Waals surface area contributed by atoms with Crippen molar-refractivity contribution in [2.45, 2.75) is 31.6 Å². The van der Waals surface area contributed by atoms with Crippen LogP contribution in [0.4, 0.5) is 0 Å². The summed E-state index contributed by atoms with van der Waals surface area (Å²) < 4.78 is 32.8. The Morgan fingerprint density at radius 1 is 1.13 bits per heavy atom. The summed E-state index contributed by atoms with van der Waals surface area (Å²) in [5.41, 5.74) is 2.53. The first-order chi connectivity index (χ1) is 14.8. The van der Waals surface area contributed by atoms with Gasteiger partial charge in [0.1, 0.15) is 12.4 Å². The van der Waals surface area contributed by atoms with Gasteiger partial charge in [-0.3, -0.25) is 4.79 Å². The lowest BCUT2D eigenvalue weighted by Gasteiger charge is -2.30. The Labute approximate surface area is 183 Å². The second-order valence-electron chi connectivity index (χ2n) is 7.67. The number of amides is 1. The van der Waals surface area contributed by atoms with Crippen molar-refractivity contribution in [3.8, 4) is 11.8 Å². The van der Waals surface area contributed by atoms with Crippen molar-refractivity contribution in [3.05, 3.63) is 59.2 Å². The van der Waals surface area contributed by atoms with Gasteiger partial charge in [-0.25, -0.2) is 8.42 Å². The minimum atomic E-state index is -3.62. The Hall–Kier alpha value is -2.89. The summed E-state index contributed by atoms with van der Waals surface area (Å²) in [6.07, 6.45) is 0.943. The molecule has 0 bridgehead atoms. The fourth-order valence-electron chi connectivity index (χ4n) is 3.71. The third-order valence-electron chi connectivity index (χ3n) is 5.50. The Kier molecular flexibility index (Phi) is 7.31. The maximum Gasteiger partial charge on any atom is 0.243 e. The van der Waals surface area contributed by atoms with Crippen LogP contribution in [0.5, 0.6) is 5.75 Å². The van der Waals surface area contributed by atoms with E-state index in [9.17, 15) is 13.2 Å². The highest BCUT2D eigenvalue weighted by atomic mass is 32.2. The van der Waals surface area contributed by atoms with Crippen molar-refractivity contribution in [2.24, 2.45) is 5.92 Å². The molecule has 7 nitrogen and oxygen atoms in total. The molecule has 0 aliphatic carbocycles. The molecule has 164 valence electrons. The number of hydrogen-bond donors (Lipinski definition) is 1. The zero-order valence-corrected chi connectivity index (χ0v) is 18.6. The van der Waals surface area contributed by atoms with E-state index < -0.39 is 10.0 Å². The van der Waals surface area contributed by atoms with Gasteiger partial charge < -0.3 is 10.1 Å². The van der Waals surface area contributed by atoms with Gasteiger partial charge in [0, 0.05) is 19.0 Å². The van der Waals surface area contributed by atoms with Crippen LogP contribution in [0.15, 0.2) is 47.4 Å². The number of ether oxygens (including phenoxy) is 1. The molecule has 0 atom stereocenters. The summed E-state index contributed by atoms with van der Waals surface area (Å²) in [4.78, 5) is 12.6. The quantitative estimate of drug-likeness (QED) is 0.666. The molecule has 3 rings (SSSR count). The van der Waals surface area contributed by atoms with E-state index in [0.29, 0.717) is 44.6 Å². The van der Waals surface area contributed by atoms with Crippen LogP contribution in [0.2, 0.25) is 0 Å². The third-order valence-corrected chi connectivity index (χ3v) is 7.42. The predicted octanol–water partition coefficient (Wildman–Crippen LogP) is 2.77. The number of para-hydroxylation sites is 1. The molecule has 0 spiro atoms. The molecule has 1 fully saturated rings. The molecule has 0 unspecified atom stereocenters. The number of benzene rings is 2. The largest absolute Gasteiger partial charge is 0.491 e. The lowest BCUT2D eigenvalue weighted by atomic mass is 9.97. The molecule has 1 saturated heterocycles. The van der Waals surface area contributed by atoms with Crippen LogP contribution in [0.25, 0.3) is 0 Å². The highest BCUT2D eigenvalue weighted by Crippen LogP contribution is 2.24. The van der Waals surface area contributed by atoms with Crippen molar-refractivity contribution in [2.75, 3.05) is 26.2 Å². The first-order valence-corrected chi connectivity index (χ1v) is 11.7. The molecule has 1 aliphatic heterocycles. The van der Waals surface area contributed by atoms with E-state index in [1.54, 1.807) is 0 Å². The highest BCUT2D eigenvalue weighted by molar-refractivity contribution is 7.89. The molecule has 1 heterocycles. The van der Waals surface area contributed by atoms with E-state index in [4.69, 9.17) is 10.00 Å². The van der Waals surface area contributed by atoms with Crippen molar-refractivity contribution < 1.29 is 17.9 Å². The molecule has 1 amide bonds. The molecule has 2 aromatic carbocycles. The van der Waals surface area contributed by atoms with Gasteiger partial charge in [0.15, 0.2) is 0 Å². The van der Waals surface area contributed by atoms with E-state index in [-0.39, 0.29) is 16.7 Å². The Morgan fingerprint density at radius 2 is 1.74 bits per heavy atom. The number of aryl methyl sites for hydroxylation is 2. The van der Waals surface area contributed by atoms with Crippen LogP contribution >= 0.6 is 0 Å². The lowest BCUT2D eigenvalue weighted by molar-refractivity contribution is -0.126. The summed E-state index contributed by atoms with van der Waals surface area (Å²) in [6.45, 7) is 5.33. The van der Waals surface area contributed by atoms with Crippen molar-refractivity contribution >= 4 is 15.9 Å². The van der Waals surface area contributed by atoms with Crippen LogP contribution < -0.4 is 10.1 Å². The van der Waals surface area contributed by atoms with Gasteiger partial charge in [-0.1, -0.05) is 18.2 Å². The molecule has 0 aromatic heterocycles. The second kappa shape index (κ2) is 9.94. The van der Waals surface area contributed by atoms with Gasteiger partial charge in [0.25, 0.3) is 0 Å². The van der Waals surface area contributed by atoms with Crippen molar-refractivity contribution in [1.29, 1.82) is 5.26 Å². The van der Waals surface area contributed by atoms with Gasteiger partial charge in [0.2, 0.25) is 15.9 Å². The topological polar surface area (TPSA) is 99.5 Å². The highest BCUT2D eigenvalue weighted by Gasteiger charge is 2.32. The maximum absolute atomic E-state index is 12.8. The first kappa shape index (κ1) is 22.8. The van der Waals surface area contributed by atoms with Crippen molar-refractivity contribution in [1.82, 2.24) is 9.62 Å². The number of carbonyl (C=O) groups excluding carboxylic acids is 1. The summed E-state index contributed by atoms with van der Waals surface area (Å²) in [6, 6.07) is 13.8. The van der Waals surface area contributed by atoms with Gasteiger partial charge in [-0.2, -0.15) is 9.57 Å². The number of rotatable bonds is 7. The second-order valence-corrected chi connectivity index (χ2v) is 9.61. The number of carbonyl (C=O) groups is 1. The molecular formula is C23H27N3O4S. The van der Waals surface area contributed by atoms with Gasteiger partial charge in [-0.05, 0) is 62.1 Å². The number of nitriles is 1. The van der Waals surface area contributed by atoms with Gasteiger partial charge in [0.05, 0.1) is 23.1 Å². The van der Waals surface area contributed by atoms with Crippen LogP contribution in [0.1, 0.15) is 29.5 Å². The molecular weight excluding hydrogens is 414 g/mol. The Morgan fingerprint density at radius 3 is 2.32 bits per heavy atom. The normalized spacial score (nSPS) is 15.3. The fraction of sp³-hybridized carbons (Fsp3) is 0.391. The summed E-state index contributed by atoms with van der Waals surface area (Å²) in [7, 11) is -3.62. The van der Waals surface area contributed by atoms with Crippen LogP contribution in [-0.2, 0) is 14.8 Å². The lowest BCUT2D eigenvalue weighted by Crippen LogP contribution is -2.43. The molecule has 8 heteroatoms. The third kappa shape index (κ3) is 5.43. The van der Waals surface area contributed by atoms with Crippen LogP contribution in [-0.4, -0.2) is 44.9 Å². The summed E-state index contributed by atoms with van der Waals surface area (Å²) in [5, 5.41) is 11.8. The number of piperidine rings is 1. The minimum Gasteiger partial charge on any atom is -0.491 e. The van der Waals surface area contributed by atoms with E-state index in [1.807, 2.05) is 38.1 Å². The Bertz CT molecular complexity index is 1050. The average molecular weight is 442 g/mol. The zero-order chi connectivity index (χ0) is 22.4. The predicted molar refractivity (Wildman–Crippen MR) is 117 cm³/mol. The maximum atomic E-state index is 12.8. The van der Waals surface area contributed by atoms with Crippen molar-refractivity contribution in [3.63, 3.8) is 0 Å². The van der Waals surface area contributed by atoms with Gasteiger partial charge in [-0.15, -0.1) is 0 Å². The number of nitrogens with one attached hydrogen (secondary N) is 1. The molecule has 31 heavy (non-hydrogen) atoms. The van der Waals surface area contributed by atoms with Crippen LogP contribution in [0, 0.1) is 31.1 Å². The summed E-state index contributed by atoms with van der Waals surface area (Å²) >= 11 is 0. The standard InChI is InChI=1S/C23H27N3O4S/c1-17-4-3-5-18(2)22(17)30-15-12-25-23(27)20-10-13-26(14-11-20)31(28,29)21-8-6-19(16-24)7-9-21/h3-9,20H,10-15H2,1-2H3,(H,25,27). The minimum absolute atomic E-state index is 0.0690. The molecule has 1 aliphatic rings. The molecule has 0 saturated carbocycles. The van der Waals surface area contributed by atoms with E-state index >= 15 is 0 Å². The zero-order valence-electron chi connectivity index (χ0n) is 17.8. The fourth-order valence-corrected chi connectivity index (χ4v) is 5.18. The van der Waals surface area contributed by atoms with E-state index in [2.05, 4.69) is 5.32 Å².